The first-order valence-corrected chi connectivity index (χ1v) is 4.52. The molecule has 0 aliphatic rings. The van der Waals surface area contributed by atoms with E-state index in [2.05, 4.69) is 15.0 Å². The number of hydrogen-bond donors (Lipinski definition) is 1. The summed E-state index contributed by atoms with van der Waals surface area (Å²) in [6.45, 7) is 0.524. The minimum atomic E-state index is -0.237. The number of esters is 1. The molecule has 14 heavy (non-hydrogen) atoms. The molecule has 0 aliphatic carbocycles. The summed E-state index contributed by atoms with van der Waals surface area (Å²) in [5.41, 5.74) is 0.832. The highest BCUT2D eigenvalue weighted by atomic mass is 35.5. The molecule has 0 unspecified atom stereocenters. The summed E-state index contributed by atoms with van der Waals surface area (Å²) in [6.07, 6.45) is 1.94. The third-order valence-corrected chi connectivity index (χ3v) is 1.84. The highest BCUT2D eigenvalue weighted by Crippen LogP contribution is 2.09. The number of nitrogens with zero attached hydrogens (tertiary/aromatic N) is 1. The van der Waals surface area contributed by atoms with Crippen LogP contribution in [-0.4, -0.2) is 24.6 Å². The van der Waals surface area contributed by atoms with Gasteiger partial charge in [-0.05, 0) is 12.1 Å². The maximum atomic E-state index is 10.8. The van der Waals surface area contributed by atoms with Crippen LogP contribution in [0.1, 0.15) is 6.42 Å². The Morgan fingerprint density at radius 2 is 2.43 bits per heavy atom. The van der Waals surface area contributed by atoms with Crippen molar-refractivity contribution in [1.29, 1.82) is 0 Å². The van der Waals surface area contributed by atoms with Crippen LogP contribution in [0.2, 0.25) is 5.15 Å². The Hall–Kier alpha value is -1.29. The molecule has 76 valence electrons. The van der Waals surface area contributed by atoms with E-state index in [1.54, 1.807) is 18.3 Å². The summed E-state index contributed by atoms with van der Waals surface area (Å²) in [7, 11) is 1.37. The number of anilines is 1. The summed E-state index contributed by atoms with van der Waals surface area (Å²) in [4.78, 5) is 14.6. The van der Waals surface area contributed by atoms with Crippen molar-refractivity contribution in [2.75, 3.05) is 19.0 Å². The van der Waals surface area contributed by atoms with Crippen LogP contribution in [0, 0.1) is 0 Å². The third-order valence-electron chi connectivity index (χ3n) is 1.61. The number of halogens is 1. The molecule has 0 saturated heterocycles. The van der Waals surface area contributed by atoms with E-state index in [4.69, 9.17) is 11.6 Å². The van der Waals surface area contributed by atoms with Crippen molar-refractivity contribution < 1.29 is 9.53 Å². The van der Waals surface area contributed by atoms with E-state index < -0.39 is 0 Å². The minimum Gasteiger partial charge on any atom is -0.469 e. The van der Waals surface area contributed by atoms with Gasteiger partial charge in [-0.3, -0.25) is 4.79 Å². The summed E-state index contributed by atoms with van der Waals surface area (Å²) in [5, 5.41) is 3.46. The fourth-order valence-electron chi connectivity index (χ4n) is 0.891. The largest absolute Gasteiger partial charge is 0.469 e. The van der Waals surface area contributed by atoms with Crippen LogP contribution in [0.4, 0.5) is 5.69 Å². The zero-order valence-electron chi connectivity index (χ0n) is 7.79. The van der Waals surface area contributed by atoms with Gasteiger partial charge < -0.3 is 10.1 Å². The summed E-state index contributed by atoms with van der Waals surface area (Å²) in [6, 6.07) is 3.48. The van der Waals surface area contributed by atoms with Gasteiger partial charge >= 0.3 is 5.97 Å². The quantitative estimate of drug-likeness (QED) is 0.613. The van der Waals surface area contributed by atoms with Gasteiger partial charge in [0.1, 0.15) is 5.15 Å². The predicted octanol–water partition coefficient (Wildman–Crippen LogP) is 1.71. The number of pyridine rings is 1. The fraction of sp³-hybridized carbons (Fsp3) is 0.333. The van der Waals surface area contributed by atoms with Gasteiger partial charge in [0, 0.05) is 6.54 Å². The van der Waals surface area contributed by atoms with Gasteiger partial charge in [-0.15, -0.1) is 0 Å². The first-order chi connectivity index (χ1) is 6.72. The van der Waals surface area contributed by atoms with E-state index in [0.717, 1.165) is 5.69 Å². The molecule has 0 radical (unpaired) electrons. The van der Waals surface area contributed by atoms with Gasteiger partial charge in [0.25, 0.3) is 0 Å². The van der Waals surface area contributed by atoms with Crippen LogP contribution in [0.15, 0.2) is 18.3 Å². The molecule has 1 N–H and O–H groups in total. The lowest BCUT2D eigenvalue weighted by Gasteiger charge is -2.04. The van der Waals surface area contributed by atoms with Gasteiger partial charge in [-0.1, -0.05) is 11.6 Å². The molecule has 5 heteroatoms. The lowest BCUT2D eigenvalue weighted by Crippen LogP contribution is -2.09. The predicted molar refractivity (Wildman–Crippen MR) is 54.4 cm³/mol. The molecule has 0 fully saturated rings. The minimum absolute atomic E-state index is 0.237. The smallest absolute Gasteiger partial charge is 0.307 e. The zero-order chi connectivity index (χ0) is 10.4. The number of hydrogen-bond acceptors (Lipinski definition) is 4. The first-order valence-electron chi connectivity index (χ1n) is 4.14. The van der Waals surface area contributed by atoms with E-state index in [0.29, 0.717) is 18.1 Å². The topological polar surface area (TPSA) is 51.2 Å². The fourth-order valence-corrected chi connectivity index (χ4v) is 1.00. The maximum Gasteiger partial charge on any atom is 0.307 e. The molecule has 0 spiro atoms. The Labute approximate surface area is 87.2 Å². The molecule has 0 saturated carbocycles. The van der Waals surface area contributed by atoms with Gasteiger partial charge in [-0.25, -0.2) is 4.98 Å². The summed E-state index contributed by atoms with van der Waals surface area (Å²) in [5.74, 6) is -0.237. The lowest BCUT2D eigenvalue weighted by molar-refractivity contribution is -0.140. The second-order valence-corrected chi connectivity index (χ2v) is 3.01. The second kappa shape index (κ2) is 5.44. The van der Waals surface area contributed by atoms with Crippen molar-refractivity contribution in [3.05, 3.63) is 23.5 Å². The number of carbonyl (C=O) groups excluding carboxylic acids is 1. The Morgan fingerprint density at radius 3 is 3.00 bits per heavy atom. The summed E-state index contributed by atoms with van der Waals surface area (Å²) < 4.78 is 4.49. The normalized spacial score (nSPS) is 9.57. The van der Waals surface area contributed by atoms with Crippen LogP contribution in [-0.2, 0) is 9.53 Å². The SMILES string of the molecule is COC(=O)CCNc1ccc(Cl)nc1. The maximum absolute atomic E-state index is 10.8. The lowest BCUT2D eigenvalue weighted by atomic mass is 10.4. The number of nitrogens with one attached hydrogen (secondary N) is 1. The van der Waals surface area contributed by atoms with Gasteiger partial charge in [0.15, 0.2) is 0 Å². The Balaban J connectivity index is 2.31. The second-order valence-electron chi connectivity index (χ2n) is 2.62. The van der Waals surface area contributed by atoms with Crippen molar-refractivity contribution in [3.8, 4) is 0 Å². The molecule has 1 rings (SSSR count). The molecule has 1 heterocycles. The third kappa shape index (κ3) is 3.62. The standard InChI is InChI=1S/C9H11ClN2O2/c1-14-9(13)4-5-11-7-2-3-8(10)12-6-7/h2-3,6,11H,4-5H2,1H3. The van der Waals surface area contributed by atoms with Crippen molar-refractivity contribution >= 4 is 23.3 Å². The Bertz CT molecular complexity index is 300. The van der Waals surface area contributed by atoms with Gasteiger partial charge in [-0.2, -0.15) is 0 Å². The Morgan fingerprint density at radius 1 is 1.64 bits per heavy atom. The molecule has 0 bridgehead atoms. The van der Waals surface area contributed by atoms with E-state index >= 15 is 0 Å². The van der Waals surface area contributed by atoms with Crippen LogP contribution in [0.5, 0.6) is 0 Å². The molecular formula is C9H11ClN2O2. The average molecular weight is 215 g/mol. The van der Waals surface area contributed by atoms with Crippen LogP contribution in [0.3, 0.4) is 0 Å². The highest BCUT2D eigenvalue weighted by molar-refractivity contribution is 6.29. The molecule has 0 amide bonds. The number of rotatable bonds is 4. The van der Waals surface area contributed by atoms with Crippen LogP contribution in [0.25, 0.3) is 0 Å². The van der Waals surface area contributed by atoms with Gasteiger partial charge in [0.2, 0.25) is 0 Å². The zero-order valence-corrected chi connectivity index (χ0v) is 8.54. The van der Waals surface area contributed by atoms with Crippen molar-refractivity contribution in [3.63, 3.8) is 0 Å². The number of ether oxygens (including phenoxy) is 1. The van der Waals surface area contributed by atoms with Crippen LogP contribution >= 0.6 is 11.6 Å². The van der Waals surface area contributed by atoms with E-state index in [9.17, 15) is 4.79 Å². The molecule has 1 aromatic rings. The van der Waals surface area contributed by atoms with E-state index in [-0.39, 0.29) is 5.97 Å². The number of methoxy groups -OCH3 is 1. The molecule has 1 aromatic heterocycles. The summed E-state index contributed by atoms with van der Waals surface area (Å²) >= 11 is 5.61. The van der Waals surface area contributed by atoms with Crippen molar-refractivity contribution in [2.24, 2.45) is 0 Å². The van der Waals surface area contributed by atoms with E-state index in [1.807, 2.05) is 0 Å². The van der Waals surface area contributed by atoms with Gasteiger partial charge in [0.05, 0.1) is 25.4 Å². The average Bonchev–Trinajstić information content (AvgIpc) is 2.21. The number of aromatic nitrogens is 1. The Kier molecular flexibility index (Phi) is 4.19. The molecule has 4 nitrogen and oxygen atoms in total. The monoisotopic (exact) mass is 214 g/mol. The molecule has 0 atom stereocenters. The van der Waals surface area contributed by atoms with E-state index in [1.165, 1.54) is 7.11 Å². The van der Waals surface area contributed by atoms with Crippen molar-refractivity contribution in [1.82, 2.24) is 4.98 Å². The molecular weight excluding hydrogens is 204 g/mol. The van der Waals surface area contributed by atoms with Crippen LogP contribution < -0.4 is 5.32 Å². The van der Waals surface area contributed by atoms with Crippen molar-refractivity contribution in [2.45, 2.75) is 6.42 Å². The first kappa shape index (κ1) is 10.8. The molecule has 0 aliphatic heterocycles. The highest BCUT2D eigenvalue weighted by Gasteiger charge is 1.99. The number of carbonyl (C=O) groups is 1. The molecule has 0 aromatic carbocycles.